The third kappa shape index (κ3) is 5.51. The van der Waals surface area contributed by atoms with Crippen LogP contribution in [0.15, 0.2) is 174 Å². The third-order valence-electron chi connectivity index (χ3n) is 9.20. The Morgan fingerprint density at radius 1 is 0.392 bits per heavy atom. The lowest BCUT2D eigenvalue weighted by molar-refractivity contribution is 0.670. The van der Waals surface area contributed by atoms with Crippen molar-refractivity contribution in [2.45, 2.75) is 0 Å². The Kier molecular flexibility index (Phi) is 7.46. The van der Waals surface area contributed by atoms with E-state index in [0.29, 0.717) is 23.2 Å². The molecule has 5 heteroatoms. The average molecular weight is 653 g/mol. The maximum atomic E-state index is 7.41. The van der Waals surface area contributed by atoms with Crippen LogP contribution in [0.3, 0.4) is 0 Å². The topological polar surface area (TPSA) is 56.2 Å². The Balaban J connectivity index is 1.22. The molecule has 0 amide bonds. The van der Waals surface area contributed by atoms with E-state index in [1.165, 1.54) is 0 Å². The fourth-order valence-electron chi connectivity index (χ4n) is 6.71. The first-order valence-electron chi connectivity index (χ1n) is 16.7. The Morgan fingerprint density at radius 3 is 1.53 bits per heavy atom. The van der Waals surface area contributed by atoms with E-state index in [9.17, 15) is 0 Å². The Hall–Kier alpha value is -7.16. The van der Waals surface area contributed by atoms with Gasteiger partial charge in [0.15, 0.2) is 23.2 Å². The molecule has 7 aromatic carbocycles. The number of aromatic nitrogens is 3. The van der Waals surface area contributed by atoms with Gasteiger partial charge in [-0.1, -0.05) is 158 Å². The molecule has 9 aromatic rings. The summed E-state index contributed by atoms with van der Waals surface area (Å²) in [7, 11) is 0. The molecule has 0 fully saturated rings. The number of furan rings is 1. The van der Waals surface area contributed by atoms with E-state index in [1.54, 1.807) is 0 Å². The average Bonchev–Trinajstić information content (AvgIpc) is 3.60. The first kappa shape index (κ1) is 29.9. The molecule has 238 valence electrons. The summed E-state index contributed by atoms with van der Waals surface area (Å²) in [6.45, 7) is 7.41. The minimum atomic E-state index is 0.602. The van der Waals surface area contributed by atoms with E-state index < -0.39 is 0 Å². The smallest absolute Gasteiger partial charge is 0.187 e. The third-order valence-corrected chi connectivity index (χ3v) is 9.20. The van der Waals surface area contributed by atoms with Crippen molar-refractivity contribution >= 4 is 27.6 Å². The van der Waals surface area contributed by atoms with Crippen molar-refractivity contribution in [1.82, 2.24) is 15.0 Å². The van der Waals surface area contributed by atoms with E-state index in [0.717, 1.165) is 72.0 Å². The SMILES string of the molecule is [C-]#[N+]c1ccc(-c2ccccc2-c2ccc3c(oc4ccccc43)c2-c2ccc(-c3nc(-c4ccccc4)nc(-c4ccccc4)n3)cc2)cc1. The van der Waals surface area contributed by atoms with Gasteiger partial charge in [-0.05, 0) is 39.9 Å². The van der Waals surface area contributed by atoms with Crippen molar-refractivity contribution in [1.29, 1.82) is 0 Å². The van der Waals surface area contributed by atoms with Crippen LogP contribution < -0.4 is 0 Å². The zero-order chi connectivity index (χ0) is 34.1. The normalized spacial score (nSPS) is 11.1. The van der Waals surface area contributed by atoms with Crippen LogP contribution in [0.1, 0.15) is 0 Å². The van der Waals surface area contributed by atoms with Gasteiger partial charge in [0.05, 0.1) is 6.57 Å². The maximum absolute atomic E-state index is 7.41. The zero-order valence-electron chi connectivity index (χ0n) is 27.4. The van der Waals surface area contributed by atoms with E-state index in [-0.39, 0.29) is 0 Å². The lowest BCUT2D eigenvalue weighted by Gasteiger charge is -2.16. The molecular weight excluding hydrogens is 625 g/mol. The highest BCUT2D eigenvalue weighted by atomic mass is 16.3. The van der Waals surface area contributed by atoms with Crippen LogP contribution in [0.2, 0.25) is 0 Å². The molecule has 0 bridgehead atoms. The molecule has 0 radical (unpaired) electrons. The highest BCUT2D eigenvalue weighted by Gasteiger charge is 2.20. The number of hydrogen-bond donors (Lipinski definition) is 0. The molecular formula is C46H28N4O. The quantitative estimate of drug-likeness (QED) is 0.168. The fourth-order valence-corrected chi connectivity index (χ4v) is 6.71. The van der Waals surface area contributed by atoms with Crippen molar-refractivity contribution in [3.05, 3.63) is 181 Å². The maximum Gasteiger partial charge on any atom is 0.187 e. The van der Waals surface area contributed by atoms with E-state index in [2.05, 4.69) is 71.6 Å². The van der Waals surface area contributed by atoms with E-state index in [1.807, 2.05) is 103 Å². The lowest BCUT2D eigenvalue weighted by atomic mass is 9.88. The molecule has 5 nitrogen and oxygen atoms in total. The number of hydrogen-bond acceptors (Lipinski definition) is 4. The predicted molar refractivity (Wildman–Crippen MR) is 206 cm³/mol. The molecule has 0 aliphatic rings. The molecule has 0 unspecified atom stereocenters. The molecule has 0 N–H and O–H groups in total. The second-order valence-corrected chi connectivity index (χ2v) is 12.3. The molecule has 0 aliphatic carbocycles. The summed E-state index contributed by atoms with van der Waals surface area (Å²) in [5, 5.41) is 2.14. The van der Waals surface area contributed by atoms with Crippen LogP contribution in [-0.4, -0.2) is 15.0 Å². The number of benzene rings is 7. The molecule has 0 saturated carbocycles. The number of rotatable bonds is 6. The van der Waals surface area contributed by atoms with Crippen LogP contribution in [-0.2, 0) is 0 Å². The Bertz CT molecular complexity index is 2670. The molecule has 0 aliphatic heterocycles. The van der Waals surface area contributed by atoms with Crippen LogP contribution in [0.25, 0.3) is 94.3 Å². The number of fused-ring (bicyclic) bond motifs is 3. The molecule has 2 aromatic heterocycles. The second-order valence-electron chi connectivity index (χ2n) is 12.3. The number of nitrogens with zero attached hydrogens (tertiary/aromatic N) is 4. The van der Waals surface area contributed by atoms with Gasteiger partial charge < -0.3 is 4.42 Å². The molecule has 9 rings (SSSR count). The van der Waals surface area contributed by atoms with Gasteiger partial charge in [0.1, 0.15) is 11.2 Å². The van der Waals surface area contributed by atoms with Crippen LogP contribution in [0.5, 0.6) is 0 Å². The van der Waals surface area contributed by atoms with Gasteiger partial charge in [-0.15, -0.1) is 0 Å². The van der Waals surface area contributed by atoms with Crippen molar-refractivity contribution < 1.29 is 4.42 Å². The summed E-state index contributed by atoms with van der Waals surface area (Å²) in [6.07, 6.45) is 0. The Labute approximate surface area is 295 Å². The highest BCUT2D eigenvalue weighted by Crippen LogP contribution is 2.45. The number of para-hydroxylation sites is 1. The van der Waals surface area contributed by atoms with Crippen molar-refractivity contribution in [2.75, 3.05) is 0 Å². The molecule has 0 saturated heterocycles. The van der Waals surface area contributed by atoms with Gasteiger partial charge in [0, 0.05) is 33.0 Å². The summed E-state index contributed by atoms with van der Waals surface area (Å²) < 4.78 is 6.65. The summed E-state index contributed by atoms with van der Waals surface area (Å²) in [6, 6.07) is 57.1. The highest BCUT2D eigenvalue weighted by molar-refractivity contribution is 6.13. The standard InChI is InChI=1S/C46H28N4O/c1-47-35-26-24-30(25-27-35)36-16-8-9-17-37(36)39-28-29-40-38-18-10-11-19-41(38)51-43(40)42(39)31-20-22-34(23-21-31)46-49-44(32-12-4-2-5-13-32)48-45(50-46)33-14-6-3-7-15-33/h2-29H. The summed E-state index contributed by atoms with van der Waals surface area (Å²) >= 11 is 0. The molecule has 0 spiro atoms. The van der Waals surface area contributed by atoms with E-state index >= 15 is 0 Å². The van der Waals surface area contributed by atoms with Crippen LogP contribution in [0.4, 0.5) is 5.69 Å². The van der Waals surface area contributed by atoms with E-state index in [4.69, 9.17) is 25.9 Å². The van der Waals surface area contributed by atoms with Crippen molar-refractivity contribution in [3.63, 3.8) is 0 Å². The molecule has 2 heterocycles. The first-order chi connectivity index (χ1) is 25.2. The van der Waals surface area contributed by atoms with Gasteiger partial charge in [0.2, 0.25) is 0 Å². The predicted octanol–water partition coefficient (Wildman–Crippen LogP) is 12.3. The zero-order valence-corrected chi connectivity index (χ0v) is 27.4. The van der Waals surface area contributed by atoms with Crippen molar-refractivity contribution in [3.8, 4) is 67.5 Å². The largest absolute Gasteiger partial charge is 0.455 e. The summed E-state index contributed by atoms with van der Waals surface area (Å²) in [5.41, 5.74) is 11.3. The van der Waals surface area contributed by atoms with Gasteiger partial charge in [-0.2, -0.15) is 0 Å². The summed E-state index contributed by atoms with van der Waals surface area (Å²) in [5.74, 6) is 1.85. The second kappa shape index (κ2) is 12.7. The van der Waals surface area contributed by atoms with Gasteiger partial charge >= 0.3 is 0 Å². The monoisotopic (exact) mass is 652 g/mol. The first-order valence-corrected chi connectivity index (χ1v) is 16.7. The molecule has 51 heavy (non-hydrogen) atoms. The van der Waals surface area contributed by atoms with Crippen LogP contribution in [0, 0.1) is 6.57 Å². The van der Waals surface area contributed by atoms with Crippen molar-refractivity contribution in [2.24, 2.45) is 0 Å². The minimum absolute atomic E-state index is 0.602. The lowest BCUT2D eigenvalue weighted by Crippen LogP contribution is -2.00. The summed E-state index contributed by atoms with van der Waals surface area (Å²) in [4.78, 5) is 18.3. The molecule has 0 atom stereocenters. The fraction of sp³-hybridized carbons (Fsp3) is 0. The van der Waals surface area contributed by atoms with Gasteiger partial charge in [-0.25, -0.2) is 19.8 Å². The van der Waals surface area contributed by atoms with Gasteiger partial charge in [0.25, 0.3) is 0 Å². The minimum Gasteiger partial charge on any atom is -0.455 e. The Morgan fingerprint density at radius 2 is 0.902 bits per heavy atom. The van der Waals surface area contributed by atoms with Crippen LogP contribution >= 0.6 is 0 Å². The van der Waals surface area contributed by atoms with Gasteiger partial charge in [-0.3, -0.25) is 0 Å².